The average Bonchev–Trinajstić information content (AvgIpc) is 3.28. The zero-order valence-corrected chi connectivity index (χ0v) is 21.1. The van der Waals surface area contributed by atoms with Gasteiger partial charge in [-0.15, -0.1) is 0 Å². The smallest absolute Gasteiger partial charge is 0.231 e. The number of carbonyl (C=O) groups excluding carboxylic acids is 1. The maximum Gasteiger partial charge on any atom is 0.231 e. The number of rotatable bonds is 4. The number of fused-ring (bicyclic) bond motifs is 1. The third kappa shape index (κ3) is 5.03. The summed E-state index contributed by atoms with van der Waals surface area (Å²) in [6.07, 6.45) is 0.972. The fourth-order valence-corrected chi connectivity index (χ4v) is 6.04. The van der Waals surface area contributed by atoms with Crippen LogP contribution in [0.2, 0.25) is 5.02 Å². The number of benzene rings is 2. The Morgan fingerprint density at radius 3 is 2.80 bits per heavy atom. The van der Waals surface area contributed by atoms with E-state index in [0.29, 0.717) is 23.1 Å². The number of piperidine rings is 1. The Hall–Kier alpha value is -2.62. The van der Waals surface area contributed by atoms with Crippen LogP contribution in [-0.2, 0) is 22.1 Å². The van der Waals surface area contributed by atoms with Crippen molar-refractivity contribution in [3.63, 3.8) is 0 Å². The summed E-state index contributed by atoms with van der Waals surface area (Å²) < 4.78 is 33.6. The minimum absolute atomic E-state index is 0.0272. The van der Waals surface area contributed by atoms with Gasteiger partial charge in [-0.1, -0.05) is 42.7 Å². The summed E-state index contributed by atoms with van der Waals surface area (Å²) in [5.41, 5.74) is 1.43. The number of amides is 1. The molecule has 1 aromatic heterocycles. The highest BCUT2D eigenvalue weighted by molar-refractivity contribution is 7.85. The highest BCUT2D eigenvalue weighted by atomic mass is 35.5. The number of nitrogens with one attached hydrogen (secondary N) is 1. The molecule has 35 heavy (non-hydrogen) atoms. The molecular formula is C25H26ClFN4O3S. The van der Waals surface area contributed by atoms with Crippen molar-refractivity contribution in [2.24, 2.45) is 5.41 Å². The van der Waals surface area contributed by atoms with E-state index in [-0.39, 0.29) is 52.2 Å². The summed E-state index contributed by atoms with van der Waals surface area (Å²) in [5.74, 6) is -0.0658. The van der Waals surface area contributed by atoms with Gasteiger partial charge < -0.3 is 14.7 Å². The van der Waals surface area contributed by atoms with Crippen molar-refractivity contribution in [3.8, 4) is 11.4 Å². The number of hydrogen-bond acceptors (Lipinski definition) is 6. The Morgan fingerprint density at radius 1 is 1.29 bits per heavy atom. The predicted octanol–water partition coefficient (Wildman–Crippen LogP) is 4.68. The molecule has 1 fully saturated rings. The van der Waals surface area contributed by atoms with Gasteiger partial charge in [0, 0.05) is 30.3 Å². The summed E-state index contributed by atoms with van der Waals surface area (Å²) in [7, 11) is -1.51. The van der Waals surface area contributed by atoms with E-state index in [4.69, 9.17) is 16.1 Å². The van der Waals surface area contributed by atoms with Gasteiger partial charge in [-0.05, 0) is 41.7 Å². The maximum atomic E-state index is 15.3. The molecule has 0 saturated carbocycles. The quantitative estimate of drug-likeness (QED) is 0.542. The molecule has 2 atom stereocenters. The predicted molar refractivity (Wildman–Crippen MR) is 132 cm³/mol. The highest BCUT2D eigenvalue weighted by Gasteiger charge is 2.33. The molecule has 3 heterocycles. The second kappa shape index (κ2) is 9.44. The van der Waals surface area contributed by atoms with E-state index >= 15 is 4.39 Å². The van der Waals surface area contributed by atoms with Crippen molar-refractivity contribution in [1.29, 1.82) is 0 Å². The SMILES string of the molecule is CC1(C)CNCC(c2nc(-c3cc4c(cc3F)S(=O)CCC(=O)N4Cc3ccc(Cl)cc3)no2)C1. The van der Waals surface area contributed by atoms with E-state index in [0.717, 1.165) is 18.5 Å². The zero-order valence-electron chi connectivity index (χ0n) is 19.5. The van der Waals surface area contributed by atoms with Crippen molar-refractivity contribution in [2.75, 3.05) is 23.7 Å². The lowest BCUT2D eigenvalue weighted by Crippen LogP contribution is -2.40. The fourth-order valence-electron chi connectivity index (χ4n) is 4.69. The molecule has 7 nitrogen and oxygen atoms in total. The Kier molecular flexibility index (Phi) is 6.50. The van der Waals surface area contributed by atoms with Gasteiger partial charge in [-0.2, -0.15) is 4.98 Å². The third-order valence-corrected chi connectivity index (χ3v) is 8.11. The van der Waals surface area contributed by atoms with Crippen molar-refractivity contribution in [3.05, 3.63) is 58.7 Å². The fraction of sp³-hybridized carbons (Fsp3) is 0.400. The van der Waals surface area contributed by atoms with E-state index in [1.54, 1.807) is 17.0 Å². The van der Waals surface area contributed by atoms with Crippen LogP contribution in [0, 0.1) is 11.2 Å². The van der Waals surface area contributed by atoms with Crippen LogP contribution in [-0.4, -0.2) is 39.1 Å². The first-order valence-electron chi connectivity index (χ1n) is 11.5. The molecule has 184 valence electrons. The Labute approximate surface area is 210 Å². The number of carbonyl (C=O) groups is 1. The van der Waals surface area contributed by atoms with E-state index in [1.165, 1.54) is 12.1 Å². The molecule has 0 spiro atoms. The molecule has 5 rings (SSSR count). The molecule has 0 aliphatic carbocycles. The molecule has 3 aromatic rings. The number of nitrogens with zero attached hydrogens (tertiary/aromatic N) is 3. The van der Waals surface area contributed by atoms with Crippen molar-refractivity contribution < 1.29 is 17.9 Å². The molecule has 1 N–H and O–H groups in total. The van der Waals surface area contributed by atoms with Gasteiger partial charge in [0.2, 0.25) is 17.6 Å². The second-order valence-electron chi connectivity index (χ2n) is 9.86. The second-order valence-corrected chi connectivity index (χ2v) is 11.8. The minimum atomic E-state index is -1.51. The molecule has 2 unspecified atom stereocenters. The van der Waals surface area contributed by atoms with Crippen LogP contribution in [0.25, 0.3) is 11.4 Å². The monoisotopic (exact) mass is 516 g/mol. The van der Waals surface area contributed by atoms with Crippen molar-refractivity contribution in [2.45, 2.75) is 44.0 Å². The van der Waals surface area contributed by atoms with Crippen LogP contribution >= 0.6 is 11.6 Å². The van der Waals surface area contributed by atoms with Crippen LogP contribution in [0.1, 0.15) is 44.1 Å². The molecule has 0 bridgehead atoms. The van der Waals surface area contributed by atoms with Crippen LogP contribution in [0.3, 0.4) is 0 Å². The molecule has 10 heteroatoms. The normalized spacial score (nSPS) is 22.1. The van der Waals surface area contributed by atoms with Gasteiger partial charge in [0.05, 0.1) is 39.4 Å². The third-order valence-electron chi connectivity index (χ3n) is 6.47. The van der Waals surface area contributed by atoms with Gasteiger partial charge in [0.25, 0.3) is 0 Å². The number of hydrogen-bond donors (Lipinski definition) is 1. The van der Waals surface area contributed by atoms with Crippen LogP contribution in [0.15, 0.2) is 45.8 Å². The lowest BCUT2D eigenvalue weighted by Gasteiger charge is -2.34. The van der Waals surface area contributed by atoms with Gasteiger partial charge in [0.15, 0.2) is 0 Å². The van der Waals surface area contributed by atoms with E-state index in [1.807, 2.05) is 12.1 Å². The molecular weight excluding hydrogens is 491 g/mol. The minimum Gasteiger partial charge on any atom is -0.339 e. The largest absolute Gasteiger partial charge is 0.339 e. The molecule has 2 aromatic carbocycles. The van der Waals surface area contributed by atoms with E-state index in [2.05, 4.69) is 29.3 Å². The topological polar surface area (TPSA) is 88.3 Å². The van der Waals surface area contributed by atoms with Crippen molar-refractivity contribution >= 4 is 34.0 Å². The molecule has 1 amide bonds. The van der Waals surface area contributed by atoms with Gasteiger partial charge in [-0.3, -0.25) is 9.00 Å². The summed E-state index contributed by atoms with van der Waals surface area (Å²) in [5, 5.41) is 8.03. The summed E-state index contributed by atoms with van der Waals surface area (Å²) in [6, 6.07) is 9.89. The number of aromatic nitrogens is 2. The van der Waals surface area contributed by atoms with Crippen LogP contribution in [0.4, 0.5) is 10.1 Å². The van der Waals surface area contributed by atoms with E-state index < -0.39 is 16.6 Å². The molecule has 0 radical (unpaired) electrons. The Morgan fingerprint density at radius 2 is 2.06 bits per heavy atom. The number of anilines is 1. The summed E-state index contributed by atoms with van der Waals surface area (Å²) >= 11 is 6.00. The van der Waals surface area contributed by atoms with Crippen LogP contribution < -0.4 is 10.2 Å². The summed E-state index contributed by atoms with van der Waals surface area (Å²) in [6.45, 7) is 6.19. The first-order chi connectivity index (χ1) is 16.7. The van der Waals surface area contributed by atoms with Gasteiger partial charge in [0.1, 0.15) is 5.82 Å². The lowest BCUT2D eigenvalue weighted by molar-refractivity contribution is -0.118. The average molecular weight is 517 g/mol. The van der Waals surface area contributed by atoms with Gasteiger partial charge >= 0.3 is 0 Å². The lowest BCUT2D eigenvalue weighted by atomic mass is 9.79. The number of halogens is 2. The van der Waals surface area contributed by atoms with E-state index in [9.17, 15) is 9.00 Å². The van der Waals surface area contributed by atoms with Crippen molar-refractivity contribution in [1.82, 2.24) is 15.5 Å². The Bertz CT molecular complexity index is 1290. The molecule has 1 saturated heterocycles. The summed E-state index contributed by atoms with van der Waals surface area (Å²) in [4.78, 5) is 19.3. The Balaban J connectivity index is 1.52. The van der Waals surface area contributed by atoms with Crippen LogP contribution in [0.5, 0.6) is 0 Å². The first kappa shape index (κ1) is 24.1. The molecule has 2 aliphatic heterocycles. The first-order valence-corrected chi connectivity index (χ1v) is 13.2. The molecule has 2 aliphatic rings. The van der Waals surface area contributed by atoms with Gasteiger partial charge in [-0.25, -0.2) is 4.39 Å². The highest BCUT2D eigenvalue weighted by Crippen LogP contribution is 2.37. The maximum absolute atomic E-state index is 15.3. The standard InChI is InChI=1S/C25H26ClFN4O3S/c1-25(2)11-16(12-28-14-25)24-29-23(30-34-24)18-9-20-21(10-19(18)27)35(33)8-7-22(32)31(20)13-15-3-5-17(26)6-4-15/h3-6,9-10,16,28H,7-8,11-14H2,1-2H3. The zero-order chi connectivity index (χ0) is 24.7.